The molecule has 0 spiro atoms. The third kappa shape index (κ3) is 3.02. The number of aryl methyl sites for hydroxylation is 2. The lowest BCUT2D eigenvalue weighted by Gasteiger charge is -2.13. The average Bonchev–Trinajstić information content (AvgIpc) is 2.41. The number of aromatic nitrogens is 1. The number of hydrogen-bond acceptors (Lipinski definition) is 2. The van der Waals surface area contributed by atoms with Crippen LogP contribution in [0.25, 0.3) is 0 Å². The minimum absolute atomic E-state index is 0.266. The van der Waals surface area contributed by atoms with Crippen LogP contribution in [-0.4, -0.2) is 4.98 Å². The molecule has 1 aromatic heterocycles. The van der Waals surface area contributed by atoms with E-state index in [1.807, 2.05) is 19.9 Å². The summed E-state index contributed by atoms with van der Waals surface area (Å²) in [6.45, 7) is 6.11. The fourth-order valence-corrected chi connectivity index (χ4v) is 2.25. The molecule has 0 atom stereocenters. The van der Waals surface area contributed by atoms with E-state index in [0.717, 1.165) is 16.9 Å². The first-order valence-electron chi connectivity index (χ1n) is 5.99. The molecule has 0 saturated heterocycles. The maximum Gasteiger partial charge on any atom is 0.219 e. The number of alkyl halides is 1. The molecule has 0 aliphatic rings. The maximum absolute atomic E-state index is 5.98. The highest BCUT2D eigenvalue weighted by atomic mass is 35.5. The summed E-state index contributed by atoms with van der Waals surface area (Å²) in [5.41, 5.74) is 4.01. The minimum Gasteiger partial charge on any atom is -0.438 e. The van der Waals surface area contributed by atoms with Gasteiger partial charge >= 0.3 is 0 Å². The lowest BCUT2D eigenvalue weighted by atomic mass is 10.1. The maximum atomic E-state index is 5.98. The molecular formula is C15H15Cl2NO. The Bertz CT molecular complexity index is 611. The third-order valence-electron chi connectivity index (χ3n) is 3.10. The summed E-state index contributed by atoms with van der Waals surface area (Å²) < 4.78 is 5.89. The molecule has 2 rings (SSSR count). The molecule has 0 unspecified atom stereocenters. The molecule has 2 aromatic rings. The lowest BCUT2D eigenvalue weighted by Crippen LogP contribution is -1.97. The van der Waals surface area contributed by atoms with Gasteiger partial charge in [0.05, 0.1) is 16.6 Å². The molecule has 0 aliphatic carbocycles. The monoisotopic (exact) mass is 295 g/mol. The average molecular weight is 296 g/mol. The van der Waals surface area contributed by atoms with Crippen LogP contribution in [0.3, 0.4) is 0 Å². The first-order chi connectivity index (χ1) is 9.02. The smallest absolute Gasteiger partial charge is 0.219 e. The Morgan fingerprint density at radius 1 is 1.05 bits per heavy atom. The van der Waals surface area contributed by atoms with Crippen molar-refractivity contribution in [3.63, 3.8) is 0 Å². The number of rotatable bonds is 3. The molecule has 2 nitrogen and oxygen atoms in total. The van der Waals surface area contributed by atoms with Crippen molar-refractivity contribution >= 4 is 23.2 Å². The summed E-state index contributed by atoms with van der Waals surface area (Å²) in [5.74, 6) is 1.62. The summed E-state index contributed by atoms with van der Waals surface area (Å²) in [4.78, 5) is 4.31. The second-order valence-corrected chi connectivity index (χ2v) is 5.14. The third-order valence-corrected chi connectivity index (χ3v) is 3.70. The zero-order chi connectivity index (χ0) is 14.0. The SMILES string of the molecule is Cc1ccc(C)c(Oc2ccc(Cl)c(CCl)n2)c1C. The van der Waals surface area contributed by atoms with E-state index in [9.17, 15) is 0 Å². The highest BCUT2D eigenvalue weighted by Gasteiger charge is 2.10. The second kappa shape index (κ2) is 5.81. The first-order valence-corrected chi connectivity index (χ1v) is 6.90. The van der Waals surface area contributed by atoms with Crippen molar-refractivity contribution in [1.29, 1.82) is 0 Å². The van der Waals surface area contributed by atoms with Gasteiger partial charge in [0.2, 0.25) is 5.88 Å². The van der Waals surface area contributed by atoms with Crippen molar-refractivity contribution in [2.75, 3.05) is 0 Å². The van der Waals surface area contributed by atoms with Crippen molar-refractivity contribution in [2.24, 2.45) is 0 Å². The van der Waals surface area contributed by atoms with Crippen molar-refractivity contribution in [3.05, 3.63) is 51.7 Å². The van der Waals surface area contributed by atoms with E-state index in [0.29, 0.717) is 16.6 Å². The van der Waals surface area contributed by atoms with Gasteiger partial charge in [0.25, 0.3) is 0 Å². The van der Waals surface area contributed by atoms with Crippen LogP contribution in [0.2, 0.25) is 5.02 Å². The molecular weight excluding hydrogens is 281 g/mol. The van der Waals surface area contributed by atoms with Crippen LogP contribution in [-0.2, 0) is 5.88 Å². The zero-order valence-corrected chi connectivity index (χ0v) is 12.6. The number of benzene rings is 1. The van der Waals surface area contributed by atoms with Gasteiger partial charge in [-0.15, -0.1) is 11.6 Å². The molecule has 0 amide bonds. The van der Waals surface area contributed by atoms with Crippen LogP contribution in [0.1, 0.15) is 22.4 Å². The van der Waals surface area contributed by atoms with Gasteiger partial charge < -0.3 is 4.74 Å². The van der Waals surface area contributed by atoms with Crippen molar-refractivity contribution in [1.82, 2.24) is 4.98 Å². The normalized spacial score (nSPS) is 10.6. The van der Waals surface area contributed by atoms with Crippen LogP contribution in [0.4, 0.5) is 0 Å². The van der Waals surface area contributed by atoms with Crippen molar-refractivity contribution in [2.45, 2.75) is 26.7 Å². The summed E-state index contributed by atoms with van der Waals surface area (Å²) in [7, 11) is 0. The molecule has 100 valence electrons. The highest BCUT2D eigenvalue weighted by molar-refractivity contribution is 6.32. The van der Waals surface area contributed by atoms with Gasteiger partial charge in [0.1, 0.15) is 5.75 Å². The summed E-state index contributed by atoms with van der Waals surface area (Å²) in [5, 5.41) is 0.556. The summed E-state index contributed by atoms with van der Waals surface area (Å²) in [6.07, 6.45) is 0. The fraction of sp³-hybridized carbons (Fsp3) is 0.267. The van der Waals surface area contributed by atoms with E-state index in [1.165, 1.54) is 5.56 Å². The molecule has 0 saturated carbocycles. The standard InChI is InChI=1S/C15H15Cl2NO/c1-9-4-5-10(2)15(11(9)3)19-14-7-6-12(17)13(8-16)18-14/h4-7H,8H2,1-3H3. The quantitative estimate of drug-likeness (QED) is 0.727. The van der Waals surface area contributed by atoms with Crippen LogP contribution in [0, 0.1) is 20.8 Å². The molecule has 19 heavy (non-hydrogen) atoms. The van der Waals surface area contributed by atoms with Crippen LogP contribution in [0.5, 0.6) is 11.6 Å². The van der Waals surface area contributed by atoms with Gasteiger partial charge in [-0.3, -0.25) is 0 Å². The van der Waals surface area contributed by atoms with Crippen LogP contribution < -0.4 is 4.74 Å². The van der Waals surface area contributed by atoms with Crippen LogP contribution >= 0.6 is 23.2 Å². The molecule has 4 heteroatoms. The lowest BCUT2D eigenvalue weighted by molar-refractivity contribution is 0.454. The highest BCUT2D eigenvalue weighted by Crippen LogP contribution is 2.30. The molecule has 0 N–H and O–H groups in total. The predicted molar refractivity (Wildman–Crippen MR) is 79.5 cm³/mol. The van der Waals surface area contributed by atoms with Gasteiger partial charge in [0, 0.05) is 6.07 Å². The summed E-state index contributed by atoms with van der Waals surface area (Å²) >= 11 is 11.8. The number of nitrogens with zero attached hydrogens (tertiary/aromatic N) is 1. The van der Waals surface area contributed by atoms with Gasteiger partial charge in [-0.25, -0.2) is 4.98 Å². The number of ether oxygens (including phenoxy) is 1. The van der Waals surface area contributed by atoms with Gasteiger partial charge in [0.15, 0.2) is 0 Å². The van der Waals surface area contributed by atoms with E-state index in [-0.39, 0.29) is 5.88 Å². The Balaban J connectivity index is 2.39. The van der Waals surface area contributed by atoms with Gasteiger partial charge in [-0.2, -0.15) is 0 Å². The predicted octanol–water partition coefficient (Wildman–Crippen LogP) is 5.19. The Kier molecular flexibility index (Phi) is 4.33. The van der Waals surface area contributed by atoms with E-state index >= 15 is 0 Å². The number of halogens is 2. The Labute approximate surface area is 123 Å². The van der Waals surface area contributed by atoms with Gasteiger partial charge in [-0.05, 0) is 43.5 Å². The topological polar surface area (TPSA) is 22.1 Å². The second-order valence-electron chi connectivity index (χ2n) is 4.47. The minimum atomic E-state index is 0.266. The first kappa shape index (κ1) is 14.2. The zero-order valence-electron chi connectivity index (χ0n) is 11.1. The van der Waals surface area contributed by atoms with E-state index in [2.05, 4.69) is 18.0 Å². The van der Waals surface area contributed by atoms with E-state index in [1.54, 1.807) is 12.1 Å². The van der Waals surface area contributed by atoms with Gasteiger partial charge in [-0.1, -0.05) is 23.7 Å². The molecule has 0 aliphatic heterocycles. The van der Waals surface area contributed by atoms with E-state index < -0.39 is 0 Å². The largest absolute Gasteiger partial charge is 0.438 e. The number of hydrogen-bond donors (Lipinski definition) is 0. The summed E-state index contributed by atoms with van der Waals surface area (Å²) in [6, 6.07) is 7.62. The Morgan fingerprint density at radius 2 is 1.74 bits per heavy atom. The molecule has 1 aromatic carbocycles. The molecule has 0 bridgehead atoms. The van der Waals surface area contributed by atoms with E-state index in [4.69, 9.17) is 27.9 Å². The molecule has 0 radical (unpaired) electrons. The Morgan fingerprint density at radius 3 is 2.42 bits per heavy atom. The molecule has 1 heterocycles. The van der Waals surface area contributed by atoms with Crippen LogP contribution in [0.15, 0.2) is 24.3 Å². The fourth-order valence-electron chi connectivity index (χ4n) is 1.80. The number of pyridine rings is 1. The van der Waals surface area contributed by atoms with Crippen molar-refractivity contribution in [3.8, 4) is 11.6 Å². The molecule has 0 fully saturated rings. The van der Waals surface area contributed by atoms with Crippen molar-refractivity contribution < 1.29 is 4.74 Å². The Hall–Kier alpha value is -1.25.